The molecule has 2 atom stereocenters. The number of cyclic esters (lactones) is 1. The average Bonchev–Trinajstić information content (AvgIpc) is 3.13. The van der Waals surface area contributed by atoms with Gasteiger partial charge in [0.25, 0.3) is 5.56 Å². The van der Waals surface area contributed by atoms with E-state index in [-0.39, 0.29) is 29.8 Å². The molecule has 7 heteroatoms. The number of carbonyl (C=O) groups is 2. The van der Waals surface area contributed by atoms with Gasteiger partial charge in [0.15, 0.2) is 0 Å². The van der Waals surface area contributed by atoms with Crippen LogP contribution < -0.4 is 5.56 Å². The number of carbonyl (C=O) groups excluding carboxylic acids is 2. The van der Waals surface area contributed by atoms with Gasteiger partial charge >= 0.3 is 6.09 Å². The van der Waals surface area contributed by atoms with Gasteiger partial charge in [-0.1, -0.05) is 30.3 Å². The van der Waals surface area contributed by atoms with E-state index >= 15 is 0 Å². The number of aromatic nitrogens is 1. The number of piperidine rings is 1. The van der Waals surface area contributed by atoms with E-state index in [1.54, 1.807) is 6.07 Å². The predicted octanol–water partition coefficient (Wildman–Crippen LogP) is 1.91. The van der Waals surface area contributed by atoms with Crippen molar-refractivity contribution >= 4 is 12.0 Å². The molecule has 0 unspecified atom stereocenters. The smallest absolute Gasteiger partial charge is 0.410 e. The van der Waals surface area contributed by atoms with Crippen molar-refractivity contribution in [2.45, 2.75) is 18.9 Å². The van der Waals surface area contributed by atoms with Crippen LogP contribution in [0.5, 0.6) is 0 Å². The second kappa shape index (κ2) is 7.06. The van der Waals surface area contributed by atoms with E-state index in [1.807, 2.05) is 39.8 Å². The van der Waals surface area contributed by atoms with Crippen molar-refractivity contribution in [2.75, 3.05) is 32.8 Å². The van der Waals surface area contributed by atoms with Gasteiger partial charge in [-0.05, 0) is 29.5 Å². The number of benzene rings is 1. The van der Waals surface area contributed by atoms with Crippen molar-refractivity contribution in [2.24, 2.45) is 5.92 Å². The number of hydrogen-bond donors (Lipinski definition) is 0. The molecule has 7 nitrogen and oxygen atoms in total. The Morgan fingerprint density at radius 1 is 1.03 bits per heavy atom. The number of amides is 2. The molecule has 3 aliphatic rings. The first-order chi connectivity index (χ1) is 14.1. The number of ether oxygens (including phenoxy) is 1. The van der Waals surface area contributed by atoms with Crippen LogP contribution in [0.2, 0.25) is 0 Å². The molecule has 1 aromatic carbocycles. The molecule has 29 heavy (non-hydrogen) atoms. The summed E-state index contributed by atoms with van der Waals surface area (Å²) in [7, 11) is 0. The van der Waals surface area contributed by atoms with Crippen LogP contribution in [0.3, 0.4) is 0 Å². The van der Waals surface area contributed by atoms with Gasteiger partial charge in [-0.2, -0.15) is 0 Å². The highest BCUT2D eigenvalue weighted by Gasteiger charge is 2.37. The minimum atomic E-state index is -0.417. The highest BCUT2D eigenvalue weighted by Crippen LogP contribution is 2.36. The maximum atomic E-state index is 12.8. The van der Waals surface area contributed by atoms with Crippen LogP contribution in [0.4, 0.5) is 4.79 Å². The lowest BCUT2D eigenvalue weighted by atomic mass is 9.82. The Balaban J connectivity index is 1.40. The molecule has 2 amide bonds. The summed E-state index contributed by atoms with van der Waals surface area (Å²) < 4.78 is 6.80. The van der Waals surface area contributed by atoms with Crippen molar-refractivity contribution in [3.63, 3.8) is 0 Å². The van der Waals surface area contributed by atoms with Gasteiger partial charge in [0.2, 0.25) is 5.91 Å². The molecular formula is C22H23N3O4. The zero-order chi connectivity index (χ0) is 20.0. The lowest BCUT2D eigenvalue weighted by Crippen LogP contribution is -2.51. The highest BCUT2D eigenvalue weighted by molar-refractivity contribution is 5.83. The van der Waals surface area contributed by atoms with Crippen LogP contribution in [0.1, 0.15) is 18.0 Å². The fourth-order valence-corrected chi connectivity index (χ4v) is 4.79. The first kappa shape index (κ1) is 18.0. The monoisotopic (exact) mass is 393 g/mol. The van der Waals surface area contributed by atoms with E-state index in [1.165, 1.54) is 4.90 Å². The van der Waals surface area contributed by atoms with E-state index in [0.29, 0.717) is 32.8 Å². The molecule has 0 radical (unpaired) electrons. The fourth-order valence-electron chi connectivity index (χ4n) is 4.79. The minimum absolute atomic E-state index is 0.0237. The molecule has 150 valence electrons. The highest BCUT2D eigenvalue weighted by atomic mass is 16.6. The summed E-state index contributed by atoms with van der Waals surface area (Å²) in [5.41, 5.74) is 2.97. The van der Waals surface area contributed by atoms with Crippen molar-refractivity contribution in [3.05, 3.63) is 58.5 Å². The van der Waals surface area contributed by atoms with E-state index < -0.39 is 6.09 Å². The molecule has 0 saturated carbocycles. The number of pyridine rings is 1. The largest absolute Gasteiger partial charge is 0.448 e. The van der Waals surface area contributed by atoms with Gasteiger partial charge in [0, 0.05) is 37.3 Å². The Morgan fingerprint density at radius 2 is 1.86 bits per heavy atom. The topological polar surface area (TPSA) is 71.8 Å². The Morgan fingerprint density at radius 3 is 2.62 bits per heavy atom. The first-order valence-corrected chi connectivity index (χ1v) is 10.1. The molecule has 0 N–H and O–H groups in total. The molecule has 3 aliphatic heterocycles. The number of nitrogens with zero attached hydrogens (tertiary/aromatic N) is 3. The first-order valence-electron chi connectivity index (χ1n) is 10.1. The lowest BCUT2D eigenvalue weighted by Gasteiger charge is -2.43. The molecule has 2 aromatic rings. The zero-order valence-corrected chi connectivity index (χ0v) is 16.1. The third-order valence-electron chi connectivity index (χ3n) is 6.19. The Bertz CT molecular complexity index is 1020. The van der Waals surface area contributed by atoms with Gasteiger partial charge in [-0.3, -0.25) is 14.5 Å². The standard InChI is InChI=1S/C22H23N3O4/c26-20-10-17(16-4-2-1-3-5-16)9-19-18-8-15(12-25(19)20)11-24(13-18)21(27)14-23-6-7-29-22(23)28/h1-5,9-10,15,18H,6-8,11-14H2/t15-,18+/m0/s1. The predicted molar refractivity (Wildman–Crippen MR) is 106 cm³/mol. The second-order valence-electron chi connectivity index (χ2n) is 8.12. The summed E-state index contributed by atoms with van der Waals surface area (Å²) in [5.74, 6) is 0.345. The van der Waals surface area contributed by atoms with Crippen molar-refractivity contribution in [1.82, 2.24) is 14.4 Å². The van der Waals surface area contributed by atoms with Crippen LogP contribution in [-0.2, 0) is 16.1 Å². The number of fused-ring (bicyclic) bond motifs is 4. The summed E-state index contributed by atoms with van der Waals surface area (Å²) in [6.07, 6.45) is 0.563. The minimum Gasteiger partial charge on any atom is -0.448 e. The molecule has 0 spiro atoms. The Kier molecular flexibility index (Phi) is 4.38. The van der Waals surface area contributed by atoms with Gasteiger partial charge in [-0.15, -0.1) is 0 Å². The van der Waals surface area contributed by atoms with E-state index in [0.717, 1.165) is 23.2 Å². The Hall–Kier alpha value is -3.09. The van der Waals surface area contributed by atoms with Crippen molar-refractivity contribution < 1.29 is 14.3 Å². The van der Waals surface area contributed by atoms with Crippen molar-refractivity contribution in [1.29, 1.82) is 0 Å². The van der Waals surface area contributed by atoms with Gasteiger partial charge < -0.3 is 14.2 Å². The summed E-state index contributed by atoms with van der Waals surface area (Å²) in [6.45, 7) is 2.71. The van der Waals surface area contributed by atoms with Gasteiger partial charge in [0.1, 0.15) is 13.2 Å². The third-order valence-corrected chi connectivity index (χ3v) is 6.19. The molecule has 5 rings (SSSR count). The van der Waals surface area contributed by atoms with Crippen LogP contribution in [0.25, 0.3) is 11.1 Å². The molecular weight excluding hydrogens is 370 g/mol. The summed E-state index contributed by atoms with van der Waals surface area (Å²) in [6, 6.07) is 13.7. The summed E-state index contributed by atoms with van der Waals surface area (Å²) in [5, 5.41) is 0. The molecule has 0 aliphatic carbocycles. The van der Waals surface area contributed by atoms with Crippen LogP contribution >= 0.6 is 0 Å². The molecule has 2 bridgehead atoms. The lowest BCUT2D eigenvalue weighted by molar-refractivity contribution is -0.134. The quantitative estimate of drug-likeness (QED) is 0.799. The van der Waals surface area contributed by atoms with Crippen LogP contribution in [0.15, 0.2) is 47.3 Å². The number of likely N-dealkylation sites (tertiary alicyclic amines) is 1. The fraction of sp³-hybridized carbons (Fsp3) is 0.409. The second-order valence-corrected chi connectivity index (χ2v) is 8.12. The SMILES string of the molecule is O=C(CN1CCOC1=O)N1C[C@@H]2C[C@H](C1)c1cc(-c3ccccc3)cc(=O)n1C2. The van der Waals surface area contributed by atoms with Crippen LogP contribution in [-0.4, -0.2) is 59.2 Å². The maximum Gasteiger partial charge on any atom is 0.410 e. The molecule has 2 saturated heterocycles. The van der Waals surface area contributed by atoms with E-state index in [9.17, 15) is 14.4 Å². The normalized spacial score (nSPS) is 23.0. The summed E-state index contributed by atoms with van der Waals surface area (Å²) >= 11 is 0. The van der Waals surface area contributed by atoms with E-state index in [2.05, 4.69) is 6.07 Å². The Labute approximate surface area is 168 Å². The summed E-state index contributed by atoms with van der Waals surface area (Å²) in [4.78, 5) is 40.6. The molecule has 1 aromatic heterocycles. The number of rotatable bonds is 3. The van der Waals surface area contributed by atoms with Crippen LogP contribution in [0, 0.1) is 5.92 Å². The molecule has 2 fully saturated rings. The van der Waals surface area contributed by atoms with E-state index in [4.69, 9.17) is 4.74 Å². The zero-order valence-electron chi connectivity index (χ0n) is 16.1. The maximum absolute atomic E-state index is 12.8. The third kappa shape index (κ3) is 3.30. The average molecular weight is 393 g/mol. The van der Waals surface area contributed by atoms with Crippen molar-refractivity contribution in [3.8, 4) is 11.1 Å². The van der Waals surface area contributed by atoms with Gasteiger partial charge in [-0.25, -0.2) is 4.79 Å². The molecule has 4 heterocycles. The van der Waals surface area contributed by atoms with Gasteiger partial charge in [0.05, 0.1) is 6.54 Å². The number of hydrogen-bond acceptors (Lipinski definition) is 4.